The van der Waals surface area contributed by atoms with Gasteiger partial charge in [-0.3, -0.25) is 4.79 Å². The van der Waals surface area contributed by atoms with Crippen LogP contribution in [0.5, 0.6) is 0 Å². The monoisotopic (exact) mass is 809 g/mol. The summed E-state index contributed by atoms with van der Waals surface area (Å²) in [5.74, 6) is 1.04. The van der Waals surface area contributed by atoms with Gasteiger partial charge in [0, 0.05) is 16.7 Å². The summed E-state index contributed by atoms with van der Waals surface area (Å²) in [4.78, 5) is 30.7. The van der Waals surface area contributed by atoms with Gasteiger partial charge in [-0.15, -0.1) is 0 Å². The Hall–Kier alpha value is -8.08. The van der Waals surface area contributed by atoms with Crippen LogP contribution in [-0.4, -0.2) is 20.7 Å². The van der Waals surface area contributed by atoms with Crippen molar-refractivity contribution < 1.29 is 4.79 Å². The summed E-state index contributed by atoms with van der Waals surface area (Å²) in [6, 6.07) is 70.4. The van der Waals surface area contributed by atoms with Gasteiger partial charge in [-0.05, 0) is 134 Å². The van der Waals surface area contributed by atoms with E-state index in [-0.39, 0.29) is 11.6 Å². The SMILES string of the molecule is CC1C=CC=C(c2cc(-c3ccccc3)cc(-c3nc(C(=O)c4cc(-c5ccccc5)cc(-c5ccccc5)c4)nc(-c4cc(-c5ccccc5)cc(-c5ccccc5)c4)n3)c2)C1. The topological polar surface area (TPSA) is 55.7 Å². The zero-order valence-corrected chi connectivity index (χ0v) is 34.9. The predicted octanol–water partition coefficient (Wildman–Crippen LogP) is 14.8. The lowest BCUT2D eigenvalue weighted by atomic mass is 9.88. The smallest absolute Gasteiger partial charge is 0.230 e. The van der Waals surface area contributed by atoms with E-state index in [1.54, 1.807) is 0 Å². The van der Waals surface area contributed by atoms with Crippen LogP contribution in [-0.2, 0) is 0 Å². The second-order valence-corrected chi connectivity index (χ2v) is 16.1. The molecule has 0 saturated carbocycles. The van der Waals surface area contributed by atoms with Crippen molar-refractivity contribution in [2.45, 2.75) is 13.3 Å². The Labute approximate surface area is 368 Å². The highest BCUT2D eigenvalue weighted by molar-refractivity contribution is 6.08. The van der Waals surface area contributed by atoms with E-state index in [1.165, 1.54) is 5.57 Å². The van der Waals surface area contributed by atoms with Crippen LogP contribution in [0.1, 0.15) is 35.1 Å². The van der Waals surface area contributed by atoms with Crippen LogP contribution in [0.2, 0.25) is 0 Å². The van der Waals surface area contributed by atoms with Gasteiger partial charge in [0.1, 0.15) is 0 Å². The number of aromatic nitrogens is 3. The molecule has 0 amide bonds. The molecule has 63 heavy (non-hydrogen) atoms. The number of carbonyl (C=O) groups is 1. The highest BCUT2D eigenvalue weighted by Gasteiger charge is 2.22. The number of nitrogens with zero attached hydrogens (tertiary/aromatic N) is 3. The molecule has 1 aromatic heterocycles. The van der Waals surface area contributed by atoms with E-state index in [2.05, 4.69) is 140 Å². The van der Waals surface area contributed by atoms with E-state index in [0.717, 1.165) is 78.7 Å². The van der Waals surface area contributed by atoms with E-state index >= 15 is 4.79 Å². The van der Waals surface area contributed by atoms with Crippen LogP contribution in [0, 0.1) is 5.92 Å². The first kappa shape index (κ1) is 39.1. The van der Waals surface area contributed by atoms with Crippen LogP contribution in [0.4, 0.5) is 0 Å². The highest BCUT2D eigenvalue weighted by Crippen LogP contribution is 2.37. The molecule has 1 aliphatic rings. The van der Waals surface area contributed by atoms with Gasteiger partial charge in [-0.2, -0.15) is 0 Å². The number of hydrogen-bond donors (Lipinski definition) is 0. The van der Waals surface area contributed by atoms with Gasteiger partial charge in [-0.25, -0.2) is 15.0 Å². The summed E-state index contributed by atoms with van der Waals surface area (Å²) in [5.41, 5.74) is 14.6. The molecule has 1 unspecified atom stereocenters. The molecule has 1 aliphatic carbocycles. The van der Waals surface area contributed by atoms with Gasteiger partial charge >= 0.3 is 0 Å². The minimum atomic E-state index is -0.286. The standard InChI is InChI=1S/C59H43N3O/c1-40-18-17-29-46(30-40)52-33-51(45-27-15-6-16-28-45)38-55(39-52)58-60-57(54-36-49(43-23-11-4-12-24-43)32-50(37-54)44-25-13-5-14-26-44)61-59(62-58)56(63)53-34-47(41-19-7-2-8-20-41)31-48(35-53)42-21-9-3-10-22-42/h2-29,31-40H,30H2,1H3. The summed E-state index contributed by atoms with van der Waals surface area (Å²) in [5, 5.41) is 0. The Bertz CT molecular complexity index is 3030. The molecular formula is C59H43N3O. The summed E-state index contributed by atoms with van der Waals surface area (Å²) >= 11 is 0. The van der Waals surface area contributed by atoms with E-state index < -0.39 is 0 Å². The molecule has 300 valence electrons. The van der Waals surface area contributed by atoms with Gasteiger partial charge in [0.25, 0.3) is 0 Å². The molecule has 0 saturated heterocycles. The van der Waals surface area contributed by atoms with Crippen molar-refractivity contribution in [2.75, 3.05) is 0 Å². The molecule has 0 aliphatic heterocycles. The summed E-state index contributed by atoms with van der Waals surface area (Å²) in [7, 11) is 0. The fourth-order valence-corrected chi connectivity index (χ4v) is 8.37. The molecule has 4 nitrogen and oxygen atoms in total. The average Bonchev–Trinajstić information content (AvgIpc) is 3.37. The largest absolute Gasteiger partial charge is 0.285 e. The molecule has 8 aromatic carbocycles. The fraction of sp³-hybridized carbons (Fsp3) is 0.0508. The third-order valence-corrected chi connectivity index (χ3v) is 11.6. The molecule has 1 atom stereocenters. The maximum atomic E-state index is 15.2. The molecule has 1 heterocycles. The van der Waals surface area contributed by atoms with Crippen molar-refractivity contribution in [3.8, 4) is 78.4 Å². The number of hydrogen-bond acceptors (Lipinski definition) is 4. The van der Waals surface area contributed by atoms with Crippen molar-refractivity contribution in [3.05, 3.63) is 241 Å². The molecule has 4 heteroatoms. The van der Waals surface area contributed by atoms with Gasteiger partial charge < -0.3 is 0 Å². The Morgan fingerprint density at radius 3 is 1.11 bits per heavy atom. The number of allylic oxidation sites excluding steroid dienone is 4. The van der Waals surface area contributed by atoms with Crippen LogP contribution in [0.3, 0.4) is 0 Å². The quantitative estimate of drug-likeness (QED) is 0.129. The number of ketones is 1. The van der Waals surface area contributed by atoms with Crippen molar-refractivity contribution in [1.29, 1.82) is 0 Å². The first-order valence-corrected chi connectivity index (χ1v) is 21.4. The maximum Gasteiger partial charge on any atom is 0.230 e. The average molecular weight is 810 g/mol. The third kappa shape index (κ3) is 8.61. The first-order chi connectivity index (χ1) is 31.0. The van der Waals surface area contributed by atoms with Crippen molar-refractivity contribution >= 4 is 11.4 Å². The number of carbonyl (C=O) groups excluding carboxylic acids is 1. The van der Waals surface area contributed by atoms with Crippen molar-refractivity contribution in [1.82, 2.24) is 15.0 Å². The molecule has 0 N–H and O–H groups in total. The summed E-state index contributed by atoms with van der Waals surface area (Å²) < 4.78 is 0. The van der Waals surface area contributed by atoms with Gasteiger partial charge in [-0.1, -0.05) is 177 Å². The van der Waals surface area contributed by atoms with Crippen molar-refractivity contribution in [2.24, 2.45) is 5.92 Å². The second-order valence-electron chi connectivity index (χ2n) is 16.1. The first-order valence-electron chi connectivity index (χ1n) is 21.4. The molecular weight excluding hydrogens is 767 g/mol. The Morgan fingerprint density at radius 1 is 0.397 bits per heavy atom. The minimum Gasteiger partial charge on any atom is -0.285 e. The zero-order chi connectivity index (χ0) is 42.5. The Kier molecular flexibility index (Phi) is 10.8. The zero-order valence-electron chi connectivity index (χ0n) is 34.9. The molecule has 10 rings (SSSR count). The molecule has 0 radical (unpaired) electrons. The van der Waals surface area contributed by atoms with Gasteiger partial charge in [0.15, 0.2) is 11.6 Å². The summed E-state index contributed by atoms with van der Waals surface area (Å²) in [6.45, 7) is 2.24. The van der Waals surface area contributed by atoms with Crippen LogP contribution >= 0.6 is 0 Å². The van der Waals surface area contributed by atoms with Crippen LogP contribution < -0.4 is 0 Å². The summed E-state index contributed by atoms with van der Waals surface area (Å²) in [6.07, 6.45) is 7.50. The predicted molar refractivity (Wildman–Crippen MR) is 259 cm³/mol. The maximum absolute atomic E-state index is 15.2. The fourth-order valence-electron chi connectivity index (χ4n) is 8.37. The second kappa shape index (κ2) is 17.5. The number of rotatable bonds is 10. The van der Waals surface area contributed by atoms with E-state index in [4.69, 9.17) is 15.0 Å². The lowest BCUT2D eigenvalue weighted by molar-refractivity contribution is 0.102. The van der Waals surface area contributed by atoms with E-state index in [1.807, 2.05) is 91.0 Å². The molecule has 0 spiro atoms. The molecule has 9 aromatic rings. The Balaban J connectivity index is 1.20. The number of benzene rings is 8. The minimum absolute atomic E-state index is 0.0747. The van der Waals surface area contributed by atoms with E-state index in [9.17, 15) is 0 Å². The lowest BCUT2D eigenvalue weighted by Gasteiger charge is -2.17. The normalized spacial score (nSPS) is 13.3. The molecule has 0 fully saturated rings. The Morgan fingerprint density at radius 2 is 0.730 bits per heavy atom. The lowest BCUT2D eigenvalue weighted by Crippen LogP contribution is -2.11. The van der Waals surface area contributed by atoms with Gasteiger partial charge in [0.2, 0.25) is 11.6 Å². The van der Waals surface area contributed by atoms with Crippen LogP contribution in [0.25, 0.3) is 84.0 Å². The highest BCUT2D eigenvalue weighted by atomic mass is 16.1. The van der Waals surface area contributed by atoms with Crippen LogP contribution in [0.15, 0.2) is 224 Å². The van der Waals surface area contributed by atoms with Gasteiger partial charge in [0.05, 0.1) is 0 Å². The third-order valence-electron chi connectivity index (χ3n) is 11.6. The van der Waals surface area contributed by atoms with Crippen molar-refractivity contribution in [3.63, 3.8) is 0 Å². The van der Waals surface area contributed by atoms with E-state index in [0.29, 0.717) is 23.1 Å². The molecule has 0 bridgehead atoms.